The first kappa shape index (κ1) is 13.4. The highest BCUT2D eigenvalue weighted by molar-refractivity contribution is 5.37. The van der Waals surface area contributed by atoms with Gasteiger partial charge in [0.05, 0.1) is 0 Å². The van der Waals surface area contributed by atoms with E-state index in [1.165, 1.54) is 13.0 Å². The maximum atomic E-state index is 14.3. The molecule has 7 nitrogen and oxygen atoms in total. The number of nitrogens with zero attached hydrogens (tertiary/aromatic N) is 2. The summed E-state index contributed by atoms with van der Waals surface area (Å²) in [5.74, 6) is -3.94. The van der Waals surface area contributed by atoms with Gasteiger partial charge in [-0.15, -0.1) is 0 Å². The monoisotopic (exact) mass is 289 g/mol. The molecule has 4 atom stereocenters. The van der Waals surface area contributed by atoms with Gasteiger partial charge in [-0.3, -0.25) is 4.57 Å². The number of aliphatic hydroxyl groups is 2. The number of rotatable bonds is 2. The first-order chi connectivity index (χ1) is 9.22. The maximum Gasteiger partial charge on any atom is 0.351 e. The standard InChI is InChI=1S/C11H13F2N3O4/c1-2-9-6(17)10(9,19)11(12,13)7(20-9)16-4-3-5(14)15-8(16)18/h3-4,6-7,17,19H,2H2,1H3,(H2,14,15,18)/t6?,7-,9-,10-/m1/s1. The van der Waals surface area contributed by atoms with E-state index < -0.39 is 35.1 Å². The number of ether oxygens (including phenoxy) is 1. The molecule has 0 amide bonds. The molecule has 3 rings (SSSR count). The molecule has 1 aromatic heterocycles. The van der Waals surface area contributed by atoms with E-state index >= 15 is 0 Å². The Balaban J connectivity index is 2.08. The van der Waals surface area contributed by atoms with E-state index in [0.717, 1.165) is 6.20 Å². The molecule has 0 radical (unpaired) electrons. The van der Waals surface area contributed by atoms with Crippen molar-refractivity contribution in [3.63, 3.8) is 0 Å². The summed E-state index contributed by atoms with van der Waals surface area (Å²) in [4.78, 5) is 15.0. The predicted molar refractivity (Wildman–Crippen MR) is 62.0 cm³/mol. The summed E-state index contributed by atoms with van der Waals surface area (Å²) >= 11 is 0. The van der Waals surface area contributed by atoms with Crippen molar-refractivity contribution in [2.24, 2.45) is 0 Å². The third-order valence-corrected chi connectivity index (χ3v) is 4.17. The first-order valence-corrected chi connectivity index (χ1v) is 6.03. The van der Waals surface area contributed by atoms with Crippen molar-refractivity contribution in [2.75, 3.05) is 5.73 Å². The highest BCUT2D eigenvalue weighted by Gasteiger charge is 2.94. The quantitative estimate of drug-likeness (QED) is 0.660. The summed E-state index contributed by atoms with van der Waals surface area (Å²) in [6.45, 7) is 1.50. The number of anilines is 1. The summed E-state index contributed by atoms with van der Waals surface area (Å²) in [6, 6.07) is 1.17. The lowest BCUT2D eigenvalue weighted by Crippen LogP contribution is -2.46. The van der Waals surface area contributed by atoms with Gasteiger partial charge in [-0.05, 0) is 12.5 Å². The van der Waals surface area contributed by atoms with Gasteiger partial charge in [-0.2, -0.15) is 13.8 Å². The van der Waals surface area contributed by atoms with Crippen molar-refractivity contribution in [1.82, 2.24) is 9.55 Å². The third-order valence-electron chi connectivity index (χ3n) is 4.17. The average Bonchev–Trinajstić information content (AvgIpc) is 2.78. The van der Waals surface area contributed by atoms with Crippen molar-refractivity contribution in [1.29, 1.82) is 0 Å². The molecular formula is C11H13F2N3O4. The molecule has 1 saturated heterocycles. The minimum atomic E-state index is -3.83. The second kappa shape index (κ2) is 3.54. The molecule has 1 aliphatic heterocycles. The molecule has 0 bridgehead atoms. The highest BCUT2D eigenvalue weighted by atomic mass is 19.3. The molecule has 0 spiro atoms. The van der Waals surface area contributed by atoms with Gasteiger partial charge in [-0.25, -0.2) is 4.79 Å². The summed E-state index contributed by atoms with van der Waals surface area (Å²) in [5, 5.41) is 19.6. The lowest BCUT2D eigenvalue weighted by atomic mass is 10.1. The minimum absolute atomic E-state index is 0.0199. The van der Waals surface area contributed by atoms with Crippen LogP contribution >= 0.6 is 0 Å². The van der Waals surface area contributed by atoms with Crippen LogP contribution in [-0.2, 0) is 4.74 Å². The molecule has 1 aromatic rings. The topological polar surface area (TPSA) is 111 Å². The van der Waals surface area contributed by atoms with Crippen molar-refractivity contribution in [3.05, 3.63) is 22.7 Å². The summed E-state index contributed by atoms with van der Waals surface area (Å²) < 4.78 is 34.3. The fourth-order valence-corrected chi connectivity index (χ4v) is 2.93. The molecule has 1 aliphatic carbocycles. The largest absolute Gasteiger partial charge is 0.387 e. The molecule has 1 saturated carbocycles. The number of nitrogens with two attached hydrogens (primary N) is 1. The highest BCUT2D eigenvalue weighted by Crippen LogP contribution is 2.70. The summed E-state index contributed by atoms with van der Waals surface area (Å²) in [7, 11) is 0. The molecule has 0 aromatic carbocycles. The number of fused-ring (bicyclic) bond motifs is 1. The zero-order valence-corrected chi connectivity index (χ0v) is 10.5. The molecule has 20 heavy (non-hydrogen) atoms. The Labute approximate surface area is 111 Å². The average molecular weight is 289 g/mol. The second-order valence-electron chi connectivity index (χ2n) is 5.05. The fraction of sp³-hybridized carbons (Fsp3) is 0.636. The normalized spacial score (nSPS) is 41.5. The van der Waals surface area contributed by atoms with Crippen LogP contribution in [0.1, 0.15) is 19.6 Å². The Morgan fingerprint density at radius 2 is 2.25 bits per heavy atom. The molecule has 110 valence electrons. The Hall–Kier alpha value is -1.58. The van der Waals surface area contributed by atoms with Gasteiger partial charge >= 0.3 is 11.6 Å². The van der Waals surface area contributed by atoms with Crippen molar-refractivity contribution in [3.8, 4) is 0 Å². The SMILES string of the molecule is CC[C@]12O[C@@H](n3ccc(N)nc3=O)C(F)(F)[C@@]1(O)C2O. The van der Waals surface area contributed by atoms with Gasteiger partial charge in [0.15, 0.2) is 5.60 Å². The van der Waals surface area contributed by atoms with E-state index in [2.05, 4.69) is 4.98 Å². The number of hydrogen-bond acceptors (Lipinski definition) is 6. The van der Waals surface area contributed by atoms with E-state index in [1.54, 1.807) is 0 Å². The van der Waals surface area contributed by atoms with Crippen LogP contribution in [0.15, 0.2) is 17.1 Å². The smallest absolute Gasteiger partial charge is 0.351 e. The van der Waals surface area contributed by atoms with Gasteiger partial charge < -0.3 is 20.7 Å². The number of halogens is 2. The van der Waals surface area contributed by atoms with Gasteiger partial charge in [-0.1, -0.05) is 6.92 Å². The Morgan fingerprint density at radius 3 is 2.75 bits per heavy atom. The van der Waals surface area contributed by atoms with E-state index in [1.807, 2.05) is 0 Å². The molecule has 4 N–H and O–H groups in total. The summed E-state index contributed by atoms with van der Waals surface area (Å²) in [6.07, 6.45) is -2.72. The van der Waals surface area contributed by atoms with Gasteiger partial charge in [0.2, 0.25) is 6.23 Å². The van der Waals surface area contributed by atoms with Crippen LogP contribution < -0.4 is 11.4 Å². The minimum Gasteiger partial charge on any atom is -0.387 e. The Kier molecular flexibility index (Phi) is 2.37. The number of aliphatic hydroxyl groups excluding tert-OH is 1. The van der Waals surface area contributed by atoms with E-state index in [-0.39, 0.29) is 12.2 Å². The van der Waals surface area contributed by atoms with Crippen LogP contribution in [0.5, 0.6) is 0 Å². The number of alkyl halides is 2. The van der Waals surface area contributed by atoms with Crippen LogP contribution in [0.2, 0.25) is 0 Å². The van der Waals surface area contributed by atoms with Crippen LogP contribution in [0.4, 0.5) is 14.6 Å². The zero-order valence-electron chi connectivity index (χ0n) is 10.5. The zero-order chi connectivity index (χ0) is 14.9. The predicted octanol–water partition coefficient (Wildman–Crippen LogP) is -0.756. The lowest BCUT2D eigenvalue weighted by Gasteiger charge is -2.26. The van der Waals surface area contributed by atoms with Crippen LogP contribution in [-0.4, -0.2) is 43.0 Å². The first-order valence-electron chi connectivity index (χ1n) is 6.03. The summed E-state index contributed by atoms with van der Waals surface area (Å²) in [5.41, 5.74) is -0.182. The van der Waals surface area contributed by atoms with E-state index in [4.69, 9.17) is 10.5 Å². The maximum absolute atomic E-state index is 14.3. The van der Waals surface area contributed by atoms with Crippen molar-refractivity contribution >= 4 is 5.82 Å². The number of nitrogen functional groups attached to an aromatic ring is 1. The fourth-order valence-electron chi connectivity index (χ4n) is 2.93. The van der Waals surface area contributed by atoms with Gasteiger partial charge in [0.1, 0.15) is 17.5 Å². The molecular weight excluding hydrogens is 276 g/mol. The Morgan fingerprint density at radius 1 is 1.60 bits per heavy atom. The third kappa shape index (κ3) is 1.18. The van der Waals surface area contributed by atoms with E-state index in [0.29, 0.717) is 4.57 Å². The number of hydrogen-bond donors (Lipinski definition) is 3. The second-order valence-corrected chi connectivity index (χ2v) is 5.05. The molecule has 1 unspecified atom stereocenters. The molecule has 2 aliphatic rings. The van der Waals surface area contributed by atoms with Crippen LogP contribution in [0.3, 0.4) is 0 Å². The number of aromatic nitrogens is 2. The van der Waals surface area contributed by atoms with Crippen molar-refractivity contribution in [2.45, 2.75) is 42.8 Å². The van der Waals surface area contributed by atoms with Gasteiger partial charge in [0, 0.05) is 6.20 Å². The van der Waals surface area contributed by atoms with E-state index in [9.17, 15) is 23.8 Å². The van der Waals surface area contributed by atoms with Crippen molar-refractivity contribution < 1.29 is 23.7 Å². The lowest BCUT2D eigenvalue weighted by molar-refractivity contribution is -0.201. The van der Waals surface area contributed by atoms with Gasteiger partial charge in [0.25, 0.3) is 0 Å². The molecule has 2 heterocycles. The van der Waals surface area contributed by atoms with Crippen LogP contribution in [0, 0.1) is 0 Å². The molecule has 9 heteroatoms. The van der Waals surface area contributed by atoms with Crippen LogP contribution in [0.25, 0.3) is 0 Å². The Bertz CT molecular complexity index is 636. The molecule has 2 fully saturated rings.